The first-order valence-electron chi connectivity index (χ1n) is 5.00. The summed E-state index contributed by atoms with van der Waals surface area (Å²) in [5, 5.41) is 3.13. The van der Waals surface area contributed by atoms with E-state index in [1.165, 1.54) is 9.75 Å². The van der Waals surface area contributed by atoms with E-state index in [9.17, 15) is 0 Å². The lowest BCUT2D eigenvalue weighted by Gasteiger charge is -2.20. The van der Waals surface area contributed by atoms with Gasteiger partial charge in [-0.15, -0.1) is 11.3 Å². The molecule has 0 bridgehead atoms. The fraction of sp³-hybridized carbons (Fsp3) is 0.545. The second-order valence-electron chi connectivity index (χ2n) is 4.59. The van der Waals surface area contributed by atoms with Crippen molar-refractivity contribution in [1.29, 1.82) is 0 Å². The van der Waals surface area contributed by atoms with Gasteiger partial charge in [0, 0.05) is 15.3 Å². The summed E-state index contributed by atoms with van der Waals surface area (Å²) in [5.41, 5.74) is 5.73. The maximum absolute atomic E-state index is 5.76. The highest BCUT2D eigenvalue weighted by Crippen LogP contribution is 2.15. The van der Waals surface area contributed by atoms with Crippen molar-refractivity contribution in [2.24, 2.45) is 10.7 Å². The van der Waals surface area contributed by atoms with Gasteiger partial charge < -0.3 is 11.1 Å². The monoisotopic (exact) mass is 225 g/mol. The molecule has 84 valence electrons. The van der Waals surface area contributed by atoms with E-state index in [1.54, 1.807) is 11.3 Å². The van der Waals surface area contributed by atoms with E-state index in [4.69, 9.17) is 5.73 Å². The smallest absolute Gasteiger partial charge is 0.189 e. The standard InChI is InChI=1S/C11H19N3S/c1-8-5-6-9(15-8)7-13-10(12)14-11(2,3)4/h5-6H,7H2,1-4H3,(H3,12,13,14). The summed E-state index contributed by atoms with van der Waals surface area (Å²) < 4.78 is 0. The maximum atomic E-state index is 5.76. The number of nitrogens with zero attached hydrogens (tertiary/aromatic N) is 1. The summed E-state index contributed by atoms with van der Waals surface area (Å²) in [6.07, 6.45) is 0. The molecule has 0 fully saturated rings. The number of thiophene rings is 1. The number of aryl methyl sites for hydroxylation is 1. The van der Waals surface area contributed by atoms with Crippen LogP contribution in [0.25, 0.3) is 0 Å². The summed E-state index contributed by atoms with van der Waals surface area (Å²) in [4.78, 5) is 6.84. The number of aliphatic imine (C=N–C) groups is 1. The van der Waals surface area contributed by atoms with Gasteiger partial charge in [0.1, 0.15) is 0 Å². The van der Waals surface area contributed by atoms with Crippen molar-refractivity contribution >= 4 is 17.3 Å². The minimum atomic E-state index is -0.0288. The Balaban J connectivity index is 2.51. The molecular formula is C11H19N3S. The molecule has 0 aromatic carbocycles. The van der Waals surface area contributed by atoms with Crippen LogP contribution in [0.15, 0.2) is 17.1 Å². The van der Waals surface area contributed by atoms with Gasteiger partial charge in [-0.1, -0.05) is 0 Å². The highest BCUT2D eigenvalue weighted by atomic mass is 32.1. The van der Waals surface area contributed by atoms with Gasteiger partial charge in [0.2, 0.25) is 0 Å². The highest BCUT2D eigenvalue weighted by molar-refractivity contribution is 7.11. The van der Waals surface area contributed by atoms with Gasteiger partial charge in [-0.25, -0.2) is 4.99 Å². The van der Waals surface area contributed by atoms with Crippen LogP contribution in [0.4, 0.5) is 0 Å². The second-order valence-corrected chi connectivity index (χ2v) is 5.96. The molecule has 1 heterocycles. The Morgan fingerprint density at radius 2 is 2.13 bits per heavy atom. The Morgan fingerprint density at radius 3 is 2.60 bits per heavy atom. The molecule has 0 unspecified atom stereocenters. The van der Waals surface area contributed by atoms with E-state index in [-0.39, 0.29) is 5.54 Å². The molecule has 1 rings (SSSR count). The molecule has 0 aliphatic heterocycles. The van der Waals surface area contributed by atoms with Gasteiger partial charge in [0.15, 0.2) is 5.96 Å². The second kappa shape index (κ2) is 4.66. The van der Waals surface area contributed by atoms with Crippen molar-refractivity contribution in [3.8, 4) is 0 Å². The third-order valence-corrected chi connectivity index (χ3v) is 2.69. The topological polar surface area (TPSA) is 50.4 Å². The molecule has 0 spiro atoms. The molecule has 3 nitrogen and oxygen atoms in total. The lowest BCUT2D eigenvalue weighted by molar-refractivity contribution is 0.508. The fourth-order valence-corrected chi connectivity index (χ4v) is 1.97. The molecule has 3 N–H and O–H groups in total. The normalized spacial score (nSPS) is 12.9. The van der Waals surface area contributed by atoms with E-state index in [2.05, 4.69) is 50.1 Å². The van der Waals surface area contributed by atoms with Gasteiger partial charge in [-0.05, 0) is 39.8 Å². The van der Waals surface area contributed by atoms with E-state index in [0.717, 1.165) is 0 Å². The Kier molecular flexibility index (Phi) is 3.74. The van der Waals surface area contributed by atoms with Crippen LogP contribution in [0.3, 0.4) is 0 Å². The van der Waals surface area contributed by atoms with E-state index in [0.29, 0.717) is 12.5 Å². The fourth-order valence-electron chi connectivity index (χ4n) is 1.16. The van der Waals surface area contributed by atoms with Crippen LogP contribution in [0.2, 0.25) is 0 Å². The van der Waals surface area contributed by atoms with Gasteiger partial charge in [0.05, 0.1) is 6.54 Å². The van der Waals surface area contributed by atoms with Crippen LogP contribution >= 0.6 is 11.3 Å². The van der Waals surface area contributed by atoms with Gasteiger partial charge in [0.25, 0.3) is 0 Å². The predicted molar refractivity (Wildman–Crippen MR) is 67.3 cm³/mol. The van der Waals surface area contributed by atoms with Crippen molar-refractivity contribution in [2.45, 2.75) is 39.8 Å². The molecular weight excluding hydrogens is 206 g/mol. The van der Waals surface area contributed by atoms with E-state index >= 15 is 0 Å². The quantitative estimate of drug-likeness (QED) is 0.599. The first-order chi connectivity index (χ1) is 6.87. The summed E-state index contributed by atoms with van der Waals surface area (Å²) in [6, 6.07) is 4.19. The van der Waals surface area contributed by atoms with Crippen LogP contribution < -0.4 is 11.1 Å². The maximum Gasteiger partial charge on any atom is 0.189 e. The molecule has 0 saturated heterocycles. The molecule has 0 aliphatic rings. The zero-order chi connectivity index (χ0) is 11.5. The Labute approximate surface area is 95.4 Å². The van der Waals surface area contributed by atoms with Gasteiger partial charge in [-0.3, -0.25) is 0 Å². The van der Waals surface area contributed by atoms with Crippen LogP contribution in [0, 0.1) is 6.92 Å². The predicted octanol–water partition coefficient (Wildman–Crippen LogP) is 2.26. The average Bonchev–Trinajstić information content (AvgIpc) is 2.45. The molecule has 15 heavy (non-hydrogen) atoms. The number of hydrogen-bond acceptors (Lipinski definition) is 2. The van der Waals surface area contributed by atoms with E-state index in [1.807, 2.05) is 0 Å². The SMILES string of the molecule is Cc1ccc(CN=C(N)NC(C)(C)C)s1. The Hall–Kier alpha value is -1.03. The van der Waals surface area contributed by atoms with Crippen molar-refractivity contribution in [3.63, 3.8) is 0 Å². The van der Waals surface area contributed by atoms with Crippen molar-refractivity contribution in [3.05, 3.63) is 21.9 Å². The first-order valence-corrected chi connectivity index (χ1v) is 5.82. The van der Waals surface area contributed by atoms with E-state index < -0.39 is 0 Å². The summed E-state index contributed by atoms with van der Waals surface area (Å²) in [5.74, 6) is 0.508. The minimum Gasteiger partial charge on any atom is -0.370 e. The summed E-state index contributed by atoms with van der Waals surface area (Å²) >= 11 is 1.76. The molecule has 0 radical (unpaired) electrons. The molecule has 1 aromatic heterocycles. The Morgan fingerprint density at radius 1 is 1.47 bits per heavy atom. The third kappa shape index (κ3) is 4.83. The van der Waals surface area contributed by atoms with Crippen LogP contribution in [-0.2, 0) is 6.54 Å². The lowest BCUT2D eigenvalue weighted by Crippen LogP contribution is -2.44. The lowest BCUT2D eigenvalue weighted by atomic mass is 10.1. The number of nitrogens with one attached hydrogen (secondary N) is 1. The highest BCUT2D eigenvalue weighted by Gasteiger charge is 2.09. The molecule has 0 saturated carbocycles. The van der Waals surface area contributed by atoms with Crippen molar-refractivity contribution in [1.82, 2.24) is 5.32 Å². The average molecular weight is 225 g/mol. The van der Waals surface area contributed by atoms with Crippen LogP contribution in [0.1, 0.15) is 30.5 Å². The zero-order valence-corrected chi connectivity index (χ0v) is 10.6. The molecule has 4 heteroatoms. The van der Waals surface area contributed by atoms with Gasteiger partial charge in [-0.2, -0.15) is 0 Å². The number of hydrogen-bond donors (Lipinski definition) is 2. The number of guanidine groups is 1. The van der Waals surface area contributed by atoms with Crippen molar-refractivity contribution < 1.29 is 0 Å². The minimum absolute atomic E-state index is 0.0288. The Bertz CT molecular complexity index is 347. The number of rotatable bonds is 2. The molecule has 0 aliphatic carbocycles. The van der Waals surface area contributed by atoms with Crippen molar-refractivity contribution in [2.75, 3.05) is 0 Å². The number of nitrogens with two attached hydrogens (primary N) is 1. The zero-order valence-electron chi connectivity index (χ0n) is 9.79. The third-order valence-electron chi connectivity index (χ3n) is 1.70. The summed E-state index contributed by atoms with van der Waals surface area (Å²) in [6.45, 7) is 8.93. The van der Waals surface area contributed by atoms with Crippen LogP contribution in [0.5, 0.6) is 0 Å². The van der Waals surface area contributed by atoms with Crippen LogP contribution in [-0.4, -0.2) is 11.5 Å². The first kappa shape index (κ1) is 12.0. The largest absolute Gasteiger partial charge is 0.370 e. The molecule has 1 aromatic rings. The van der Waals surface area contributed by atoms with Gasteiger partial charge >= 0.3 is 0 Å². The summed E-state index contributed by atoms with van der Waals surface area (Å²) in [7, 11) is 0. The molecule has 0 amide bonds. The molecule has 0 atom stereocenters.